The number of halogens is 1. The summed E-state index contributed by atoms with van der Waals surface area (Å²) < 4.78 is 0. The molecule has 0 aliphatic carbocycles. The average Bonchev–Trinajstić information content (AvgIpc) is 0.722. The molecule has 0 amide bonds. The first kappa shape index (κ1) is 10.3. The number of hydrogen-bond acceptors (Lipinski definition) is 0. The monoisotopic (exact) mass is 228 g/mol. The van der Waals surface area contributed by atoms with Gasteiger partial charge in [0.1, 0.15) is 7.38 Å². The fraction of sp³-hybridized carbons (Fsp3) is 1.00. The van der Waals surface area contributed by atoms with E-state index >= 15 is 0 Å². The minimum absolute atomic E-state index is 0. The van der Waals surface area contributed by atoms with E-state index in [0.29, 0.717) is 0 Å². The Bertz CT molecular complexity index is 26.3. The summed E-state index contributed by atoms with van der Waals surface area (Å²) in [6, 6.07) is 0. The standard InChI is InChI=1S/C3H9ClSi.Sn/c1-5(2,3)4;/h1-3H3;. The van der Waals surface area contributed by atoms with Crippen LogP contribution in [0.25, 0.3) is 0 Å². The Morgan fingerprint density at radius 2 is 1.17 bits per heavy atom. The molecule has 0 nitrogen and oxygen atoms in total. The third-order valence-corrected chi connectivity index (χ3v) is 0. The fourth-order valence-electron chi connectivity index (χ4n) is 0. The smallest absolute Gasteiger partial charge is 0.147 e. The normalized spacial score (nSPS) is 10.0. The van der Waals surface area contributed by atoms with E-state index < -0.39 is 7.38 Å². The summed E-state index contributed by atoms with van der Waals surface area (Å²) >= 11 is 5.67. The first-order valence-electron chi connectivity index (χ1n) is 1.69. The van der Waals surface area contributed by atoms with Gasteiger partial charge in [-0.3, -0.25) is 0 Å². The van der Waals surface area contributed by atoms with Crippen LogP contribution in [0.1, 0.15) is 0 Å². The van der Waals surface area contributed by atoms with Crippen molar-refractivity contribution in [2.75, 3.05) is 0 Å². The van der Waals surface area contributed by atoms with Gasteiger partial charge in [0.15, 0.2) is 0 Å². The molecule has 0 saturated heterocycles. The van der Waals surface area contributed by atoms with Crippen LogP contribution in [-0.2, 0) is 0 Å². The Morgan fingerprint density at radius 3 is 1.17 bits per heavy atom. The predicted octanol–water partition coefficient (Wildman–Crippen LogP) is 1.68. The zero-order valence-electron chi connectivity index (χ0n) is 4.38. The third-order valence-electron chi connectivity index (χ3n) is 0. The molecule has 0 aromatic heterocycles. The van der Waals surface area contributed by atoms with Gasteiger partial charge in [-0.15, -0.1) is 0 Å². The maximum absolute atomic E-state index is 5.67. The largest absolute Gasteiger partial charge is 0.168 e. The molecule has 0 N–H and O–H groups in total. The van der Waals surface area contributed by atoms with Crippen molar-refractivity contribution in [1.29, 1.82) is 0 Å². The van der Waals surface area contributed by atoms with Gasteiger partial charge in [-0.2, -0.15) is 11.1 Å². The third kappa shape index (κ3) is 57.7. The molecule has 4 radical (unpaired) electrons. The van der Waals surface area contributed by atoms with E-state index in [1.165, 1.54) is 0 Å². The molecule has 0 spiro atoms. The van der Waals surface area contributed by atoms with Gasteiger partial charge >= 0.3 is 0 Å². The SMILES string of the molecule is C[Si](C)(C)Cl.[Sn]. The molecule has 0 aliphatic rings. The fourth-order valence-corrected chi connectivity index (χ4v) is 0. The molecule has 0 atom stereocenters. The molecule has 0 bridgehead atoms. The second kappa shape index (κ2) is 3.33. The van der Waals surface area contributed by atoms with Crippen LogP contribution in [0.3, 0.4) is 0 Å². The second-order valence-electron chi connectivity index (χ2n) is 2.07. The van der Waals surface area contributed by atoms with Crippen molar-refractivity contribution in [1.82, 2.24) is 0 Å². The van der Waals surface area contributed by atoms with Crippen LogP contribution in [-0.4, -0.2) is 31.3 Å². The van der Waals surface area contributed by atoms with Gasteiger partial charge in [-0.1, -0.05) is 19.6 Å². The van der Waals surface area contributed by atoms with Gasteiger partial charge in [0.2, 0.25) is 0 Å². The van der Waals surface area contributed by atoms with Crippen molar-refractivity contribution in [2.45, 2.75) is 19.6 Å². The maximum Gasteiger partial charge on any atom is 0.147 e. The topological polar surface area (TPSA) is 0 Å². The van der Waals surface area contributed by atoms with E-state index in [9.17, 15) is 0 Å². The van der Waals surface area contributed by atoms with Gasteiger partial charge in [0.25, 0.3) is 0 Å². The molecule has 3 heteroatoms. The Hall–Kier alpha value is 1.31. The molecule has 0 aromatic carbocycles. The summed E-state index contributed by atoms with van der Waals surface area (Å²) in [5, 5.41) is 0. The van der Waals surface area contributed by atoms with Gasteiger partial charge < -0.3 is 0 Å². The molecular formula is C3H9ClSiSn. The molecule has 6 heavy (non-hydrogen) atoms. The molecular weight excluding hydrogens is 218 g/mol. The van der Waals surface area contributed by atoms with Crippen molar-refractivity contribution >= 4 is 42.4 Å². The zero-order chi connectivity index (χ0) is 4.50. The van der Waals surface area contributed by atoms with Crippen molar-refractivity contribution in [3.8, 4) is 0 Å². The van der Waals surface area contributed by atoms with Crippen LogP contribution in [0.15, 0.2) is 0 Å². The van der Waals surface area contributed by atoms with E-state index in [1.54, 1.807) is 0 Å². The van der Waals surface area contributed by atoms with Gasteiger partial charge in [0, 0.05) is 23.9 Å². The molecule has 0 saturated carbocycles. The van der Waals surface area contributed by atoms with Gasteiger partial charge in [0.05, 0.1) is 0 Å². The zero-order valence-corrected chi connectivity index (χ0v) is 8.99. The van der Waals surface area contributed by atoms with Crippen LogP contribution < -0.4 is 0 Å². The number of hydrogen-bond donors (Lipinski definition) is 0. The quantitative estimate of drug-likeness (QED) is 0.436. The first-order chi connectivity index (χ1) is 2.00. The van der Waals surface area contributed by atoms with Crippen LogP contribution in [0.2, 0.25) is 19.6 Å². The van der Waals surface area contributed by atoms with Crippen molar-refractivity contribution < 1.29 is 0 Å². The molecule has 0 aliphatic heterocycles. The maximum atomic E-state index is 5.67. The summed E-state index contributed by atoms with van der Waals surface area (Å²) in [7, 11) is -1.14. The summed E-state index contributed by atoms with van der Waals surface area (Å²) in [6.07, 6.45) is 0. The molecule has 0 aromatic rings. The van der Waals surface area contributed by atoms with Crippen LogP contribution in [0, 0.1) is 0 Å². The summed E-state index contributed by atoms with van der Waals surface area (Å²) in [5.74, 6) is 0. The van der Waals surface area contributed by atoms with Crippen molar-refractivity contribution in [3.05, 3.63) is 0 Å². The van der Waals surface area contributed by atoms with Crippen molar-refractivity contribution in [3.63, 3.8) is 0 Å². The van der Waals surface area contributed by atoms with Crippen LogP contribution in [0.5, 0.6) is 0 Å². The second-order valence-corrected chi connectivity index (χ2v) is 9.60. The minimum Gasteiger partial charge on any atom is -0.168 e. The van der Waals surface area contributed by atoms with Crippen LogP contribution >= 0.6 is 11.1 Å². The predicted molar refractivity (Wildman–Crippen MR) is 35.0 cm³/mol. The average molecular weight is 227 g/mol. The minimum atomic E-state index is -1.14. The Labute approximate surface area is 61.9 Å². The van der Waals surface area contributed by atoms with E-state index in [4.69, 9.17) is 11.1 Å². The molecule has 0 heterocycles. The van der Waals surface area contributed by atoms with Crippen molar-refractivity contribution in [2.24, 2.45) is 0 Å². The molecule has 0 rings (SSSR count). The Balaban J connectivity index is 0. The van der Waals surface area contributed by atoms with E-state index in [0.717, 1.165) is 0 Å². The molecule has 36 valence electrons. The van der Waals surface area contributed by atoms with E-state index in [1.807, 2.05) is 0 Å². The van der Waals surface area contributed by atoms with Crippen LogP contribution in [0.4, 0.5) is 0 Å². The van der Waals surface area contributed by atoms with Gasteiger partial charge in [-0.25, -0.2) is 0 Å². The summed E-state index contributed by atoms with van der Waals surface area (Å²) in [4.78, 5) is 0. The Morgan fingerprint density at radius 1 is 1.17 bits per heavy atom. The van der Waals surface area contributed by atoms with E-state index in [2.05, 4.69) is 19.6 Å². The Kier molecular flexibility index (Phi) is 5.72. The summed E-state index contributed by atoms with van der Waals surface area (Å²) in [6.45, 7) is 6.28. The van der Waals surface area contributed by atoms with E-state index in [-0.39, 0.29) is 23.9 Å². The first-order valence-corrected chi connectivity index (χ1v) is 6.20. The van der Waals surface area contributed by atoms with Gasteiger partial charge in [-0.05, 0) is 0 Å². The summed E-state index contributed by atoms with van der Waals surface area (Å²) in [5.41, 5.74) is 0. The number of rotatable bonds is 0. The molecule has 0 fully saturated rings. The molecule has 0 unspecified atom stereocenters.